The molecule has 0 saturated heterocycles. The van der Waals surface area contributed by atoms with Crippen LogP contribution in [0.4, 0.5) is 5.00 Å². The first-order chi connectivity index (χ1) is 13.9. The summed E-state index contributed by atoms with van der Waals surface area (Å²) in [6.07, 6.45) is 2.86. The minimum absolute atomic E-state index is 0.0767. The highest BCUT2D eigenvalue weighted by Crippen LogP contribution is 2.31. The monoisotopic (exact) mass is 431 g/mol. The van der Waals surface area contributed by atoms with Crippen molar-refractivity contribution in [3.05, 3.63) is 40.0 Å². The van der Waals surface area contributed by atoms with Gasteiger partial charge in [-0.3, -0.25) is 24.2 Å². The number of thiophene rings is 1. The molecule has 150 valence electrons. The third-order valence-electron chi connectivity index (χ3n) is 3.73. The summed E-state index contributed by atoms with van der Waals surface area (Å²) in [5.74, 6) is -1.69. The van der Waals surface area contributed by atoms with Gasteiger partial charge in [-0.2, -0.15) is 0 Å². The number of rotatable bonds is 8. The number of hydrogen-bond donors (Lipinski definition) is 1. The van der Waals surface area contributed by atoms with Crippen molar-refractivity contribution >= 4 is 61.3 Å². The molecule has 29 heavy (non-hydrogen) atoms. The number of nitrogens with zero attached hydrogens (tertiary/aromatic N) is 2. The molecule has 0 unspecified atom stereocenters. The van der Waals surface area contributed by atoms with Crippen LogP contribution in [-0.4, -0.2) is 40.0 Å². The lowest BCUT2D eigenvalue weighted by Gasteiger charge is -2.04. The van der Waals surface area contributed by atoms with Crippen LogP contribution in [0.3, 0.4) is 0 Å². The minimum Gasteiger partial charge on any atom is -0.466 e. The normalized spacial score (nSPS) is 10.7. The molecule has 0 fully saturated rings. The van der Waals surface area contributed by atoms with E-state index in [0.29, 0.717) is 10.4 Å². The molecule has 10 heteroatoms. The Kier molecular flexibility index (Phi) is 6.45. The number of Topliss-reactive ketones (excluding diaryl/α,β-unsaturated/α-hetero) is 2. The summed E-state index contributed by atoms with van der Waals surface area (Å²) in [5, 5.41) is 3.19. The van der Waals surface area contributed by atoms with Gasteiger partial charge in [0.2, 0.25) is 0 Å². The van der Waals surface area contributed by atoms with Crippen LogP contribution in [0.25, 0.3) is 10.2 Å². The number of anilines is 1. The molecule has 8 nitrogen and oxygen atoms in total. The molecule has 0 bridgehead atoms. The number of amides is 1. The van der Waals surface area contributed by atoms with Crippen molar-refractivity contribution in [2.24, 2.45) is 0 Å². The van der Waals surface area contributed by atoms with Gasteiger partial charge in [0.25, 0.3) is 5.91 Å². The molecule has 3 aromatic rings. The number of hydrogen-bond acceptors (Lipinski definition) is 9. The molecular formula is C19H17N3O5S2. The van der Waals surface area contributed by atoms with Gasteiger partial charge in [-0.05, 0) is 26.0 Å². The number of aromatic nitrogens is 2. The number of carbonyl (C=O) groups excluding carboxylic acids is 4. The van der Waals surface area contributed by atoms with Gasteiger partial charge < -0.3 is 10.1 Å². The van der Waals surface area contributed by atoms with Gasteiger partial charge in [0.15, 0.2) is 10.8 Å². The van der Waals surface area contributed by atoms with Crippen LogP contribution in [0.15, 0.2) is 24.5 Å². The van der Waals surface area contributed by atoms with Crippen LogP contribution in [0.1, 0.15) is 45.3 Å². The topological polar surface area (TPSA) is 115 Å². The summed E-state index contributed by atoms with van der Waals surface area (Å²) in [5.41, 5.74) is 0.778. The third kappa shape index (κ3) is 5.09. The second-order valence-corrected chi connectivity index (χ2v) is 8.22. The smallest absolute Gasteiger partial charge is 0.313 e. The lowest BCUT2D eigenvalue weighted by atomic mass is 10.1. The van der Waals surface area contributed by atoms with Gasteiger partial charge in [0.05, 0.1) is 23.1 Å². The fourth-order valence-corrected chi connectivity index (χ4v) is 4.52. The van der Waals surface area contributed by atoms with Gasteiger partial charge in [-0.25, -0.2) is 4.98 Å². The molecule has 0 aliphatic heterocycles. The molecule has 0 saturated carbocycles. The van der Waals surface area contributed by atoms with Crippen molar-refractivity contribution in [3.8, 4) is 0 Å². The quantitative estimate of drug-likeness (QED) is 0.331. The SMILES string of the molecule is CCOC(=O)CC(=O)c1cc(CC(C)=O)sc1NC(=O)c1nc2cnccc2s1. The highest BCUT2D eigenvalue weighted by atomic mass is 32.1. The van der Waals surface area contributed by atoms with E-state index in [1.165, 1.54) is 24.3 Å². The van der Waals surface area contributed by atoms with Crippen LogP contribution in [0.5, 0.6) is 0 Å². The molecular weight excluding hydrogens is 414 g/mol. The molecule has 1 amide bonds. The fourth-order valence-electron chi connectivity index (χ4n) is 2.55. The van der Waals surface area contributed by atoms with Crippen molar-refractivity contribution in [1.82, 2.24) is 9.97 Å². The Balaban J connectivity index is 1.86. The van der Waals surface area contributed by atoms with Crippen LogP contribution >= 0.6 is 22.7 Å². The largest absolute Gasteiger partial charge is 0.466 e. The lowest BCUT2D eigenvalue weighted by Crippen LogP contribution is -2.15. The predicted octanol–water partition coefficient (Wildman–Crippen LogP) is 3.27. The molecule has 0 radical (unpaired) electrons. The van der Waals surface area contributed by atoms with E-state index >= 15 is 0 Å². The molecule has 0 aliphatic carbocycles. The first-order valence-electron chi connectivity index (χ1n) is 8.70. The molecule has 0 spiro atoms. The zero-order chi connectivity index (χ0) is 21.0. The zero-order valence-electron chi connectivity index (χ0n) is 15.7. The maximum absolute atomic E-state index is 12.7. The first kappa shape index (κ1) is 20.7. The number of thiazole rings is 1. The van der Waals surface area contributed by atoms with E-state index in [-0.39, 0.29) is 34.4 Å². The second kappa shape index (κ2) is 9.01. The van der Waals surface area contributed by atoms with E-state index in [4.69, 9.17) is 4.74 Å². The van der Waals surface area contributed by atoms with E-state index in [1.54, 1.807) is 25.4 Å². The van der Waals surface area contributed by atoms with E-state index in [1.807, 2.05) is 0 Å². The Morgan fingerprint density at radius 3 is 2.69 bits per heavy atom. The minimum atomic E-state index is -0.646. The van der Waals surface area contributed by atoms with E-state index in [9.17, 15) is 19.2 Å². The summed E-state index contributed by atoms with van der Waals surface area (Å²) in [4.78, 5) is 57.2. The maximum atomic E-state index is 12.7. The van der Waals surface area contributed by atoms with E-state index < -0.39 is 24.1 Å². The molecule has 3 heterocycles. The van der Waals surface area contributed by atoms with Crippen LogP contribution in [0, 0.1) is 0 Å². The molecule has 3 aromatic heterocycles. The highest BCUT2D eigenvalue weighted by molar-refractivity contribution is 7.20. The van der Waals surface area contributed by atoms with Gasteiger partial charge in [-0.15, -0.1) is 22.7 Å². The zero-order valence-corrected chi connectivity index (χ0v) is 17.3. The number of esters is 1. The standard InChI is InChI=1S/C19H17N3O5S2/c1-3-27-16(25)8-14(24)12-7-11(6-10(2)23)28-18(12)22-17(26)19-21-13-9-20-5-4-15(13)29-19/h4-5,7,9H,3,6,8H2,1-2H3,(H,22,26). The highest BCUT2D eigenvalue weighted by Gasteiger charge is 2.22. The predicted molar refractivity (Wildman–Crippen MR) is 110 cm³/mol. The number of pyridine rings is 1. The summed E-state index contributed by atoms with van der Waals surface area (Å²) >= 11 is 2.33. The number of fused-ring (bicyclic) bond motifs is 1. The maximum Gasteiger partial charge on any atom is 0.313 e. The van der Waals surface area contributed by atoms with E-state index in [0.717, 1.165) is 16.0 Å². The molecule has 1 N–H and O–H groups in total. The summed E-state index contributed by atoms with van der Waals surface area (Å²) in [6, 6.07) is 3.29. The number of carbonyl (C=O) groups is 4. The Hall–Kier alpha value is -2.98. The Bertz CT molecular complexity index is 1070. The number of ether oxygens (including phenoxy) is 1. The van der Waals surface area contributed by atoms with Crippen molar-refractivity contribution < 1.29 is 23.9 Å². The summed E-state index contributed by atoms with van der Waals surface area (Å²) in [7, 11) is 0. The Labute approximate surface area is 173 Å². The first-order valence-corrected chi connectivity index (χ1v) is 10.3. The van der Waals surface area contributed by atoms with E-state index in [2.05, 4.69) is 15.3 Å². The number of nitrogens with one attached hydrogen (secondary N) is 1. The number of ketones is 2. The molecule has 3 rings (SSSR count). The molecule has 0 aliphatic rings. The fraction of sp³-hybridized carbons (Fsp3) is 0.263. The lowest BCUT2D eigenvalue weighted by molar-refractivity contribution is -0.142. The van der Waals surface area contributed by atoms with Crippen molar-refractivity contribution in [1.29, 1.82) is 0 Å². The van der Waals surface area contributed by atoms with Gasteiger partial charge in [0.1, 0.15) is 22.7 Å². The summed E-state index contributed by atoms with van der Waals surface area (Å²) < 4.78 is 5.63. The molecule has 0 atom stereocenters. The van der Waals surface area contributed by atoms with Gasteiger partial charge in [0, 0.05) is 17.5 Å². The average molecular weight is 431 g/mol. The van der Waals surface area contributed by atoms with Crippen molar-refractivity contribution in [3.63, 3.8) is 0 Å². The van der Waals surface area contributed by atoms with Gasteiger partial charge in [-0.1, -0.05) is 0 Å². The van der Waals surface area contributed by atoms with Crippen molar-refractivity contribution in [2.75, 3.05) is 11.9 Å². The van der Waals surface area contributed by atoms with Gasteiger partial charge >= 0.3 is 5.97 Å². The van der Waals surface area contributed by atoms with Crippen LogP contribution in [-0.2, 0) is 20.7 Å². The Morgan fingerprint density at radius 1 is 1.21 bits per heavy atom. The van der Waals surface area contributed by atoms with Crippen LogP contribution < -0.4 is 5.32 Å². The second-order valence-electron chi connectivity index (χ2n) is 6.06. The average Bonchev–Trinajstić information content (AvgIpc) is 3.25. The van der Waals surface area contributed by atoms with Crippen molar-refractivity contribution in [2.45, 2.75) is 26.7 Å². The third-order valence-corrected chi connectivity index (χ3v) is 5.81. The van der Waals surface area contributed by atoms with Crippen LogP contribution in [0.2, 0.25) is 0 Å². The summed E-state index contributed by atoms with van der Waals surface area (Å²) in [6.45, 7) is 3.26. The molecule has 0 aromatic carbocycles. The Morgan fingerprint density at radius 2 is 2.00 bits per heavy atom.